The normalized spacial score (nSPS) is 12.2. The molecule has 0 bridgehead atoms. The van der Waals surface area contributed by atoms with Crippen molar-refractivity contribution in [3.63, 3.8) is 0 Å². The Balaban J connectivity index is 1.86. The maximum absolute atomic E-state index is 16.8. The van der Waals surface area contributed by atoms with Gasteiger partial charge in [0.25, 0.3) is 0 Å². The monoisotopic (exact) mass is 648 g/mol. The van der Waals surface area contributed by atoms with E-state index in [1.165, 1.54) is 0 Å². The molecule has 0 saturated heterocycles. The van der Waals surface area contributed by atoms with Crippen molar-refractivity contribution in [2.75, 3.05) is 0 Å². The molecule has 0 radical (unpaired) electrons. The van der Waals surface area contributed by atoms with E-state index in [2.05, 4.69) is 48.5 Å². The molecule has 212 valence electrons. The molecule has 0 aliphatic rings. The zero-order chi connectivity index (χ0) is 29.8. The maximum atomic E-state index is 16.8. The predicted molar refractivity (Wildman–Crippen MR) is 196 cm³/mol. The van der Waals surface area contributed by atoms with Crippen molar-refractivity contribution in [1.29, 1.82) is 0 Å². The van der Waals surface area contributed by atoms with Crippen LogP contribution in [-0.2, 0) is 28.2 Å². The number of hydrogen-bond acceptors (Lipinski definition) is 3. The Labute approximate surface area is 265 Å². The Kier molecular flexibility index (Phi) is 8.93. The fraction of sp³-hybridized carbons (Fsp3) is 0.0270. The lowest BCUT2D eigenvalue weighted by Crippen LogP contribution is -2.37. The van der Waals surface area contributed by atoms with Crippen molar-refractivity contribution < 1.29 is 4.57 Å². The van der Waals surface area contributed by atoms with Gasteiger partial charge in [0.05, 0.1) is 5.14 Å². The van der Waals surface area contributed by atoms with Gasteiger partial charge in [-0.3, -0.25) is 0 Å². The molecule has 6 aromatic carbocycles. The highest BCUT2D eigenvalue weighted by molar-refractivity contribution is 8.37. The molecule has 6 heteroatoms. The molecule has 0 heterocycles. The molecule has 0 aliphatic heterocycles. The van der Waals surface area contributed by atoms with Crippen LogP contribution in [0, 0.1) is 0 Å². The number of benzene rings is 6. The second-order valence-electron chi connectivity index (χ2n) is 10.3. The van der Waals surface area contributed by atoms with E-state index in [9.17, 15) is 0 Å². The first kappa shape index (κ1) is 29.9. The molecule has 0 aliphatic carbocycles. The van der Waals surface area contributed by atoms with Crippen LogP contribution in [0.3, 0.4) is 0 Å². The van der Waals surface area contributed by atoms with Gasteiger partial charge in [0, 0.05) is 22.7 Å². The quantitative estimate of drug-likeness (QED) is 0.151. The lowest BCUT2D eigenvalue weighted by atomic mass is 10.4. The average Bonchev–Trinajstić information content (AvgIpc) is 3.10. The fourth-order valence-corrected chi connectivity index (χ4v) is 29.2. The van der Waals surface area contributed by atoms with E-state index in [1.54, 1.807) is 0 Å². The summed E-state index contributed by atoms with van der Waals surface area (Å²) < 4.78 is 16.8. The Hall–Kier alpha value is -3.15. The van der Waals surface area contributed by atoms with Crippen LogP contribution in [0.1, 0.15) is 0 Å². The summed E-state index contributed by atoms with van der Waals surface area (Å²) in [7, 11) is -3.55. The molecule has 1 nitrogen and oxygen atoms in total. The lowest BCUT2D eigenvalue weighted by Gasteiger charge is -2.45. The Bertz CT molecular complexity index is 1570. The third kappa shape index (κ3) is 5.40. The summed E-state index contributed by atoms with van der Waals surface area (Å²) in [5.74, 6) is 0. The first-order valence-corrected chi connectivity index (χ1v) is 21.6. The minimum atomic E-state index is -3.55. The topological polar surface area (TPSA) is 17.1 Å². The molecule has 6 aromatic rings. The highest BCUT2D eigenvalue weighted by atomic mass is 32.5. The Morgan fingerprint density at radius 2 is 0.512 bits per heavy atom. The van der Waals surface area contributed by atoms with Gasteiger partial charge in [-0.25, -0.2) is 0 Å². The minimum absolute atomic E-state index is 0.572. The molecule has 0 unspecified atom stereocenters. The van der Waals surface area contributed by atoms with Gasteiger partial charge in [0.15, 0.2) is 7.14 Å². The van der Waals surface area contributed by atoms with E-state index in [0.717, 1.165) is 31.8 Å². The summed E-state index contributed by atoms with van der Waals surface area (Å²) in [6.07, 6.45) is 0. The molecular formula is C37H31OP3S2. The summed E-state index contributed by atoms with van der Waals surface area (Å²) in [4.78, 5) is 0. The largest absolute Gasteiger partial charge is 0.313 e. The second-order valence-corrected chi connectivity index (χ2v) is 23.6. The van der Waals surface area contributed by atoms with E-state index in [0.29, 0.717) is 0 Å². The van der Waals surface area contributed by atoms with Gasteiger partial charge >= 0.3 is 0 Å². The van der Waals surface area contributed by atoms with Crippen molar-refractivity contribution >= 4 is 74.7 Å². The Morgan fingerprint density at radius 1 is 0.326 bits per heavy atom. The van der Waals surface area contributed by atoms with Gasteiger partial charge in [-0.15, -0.1) is 0 Å². The third-order valence-electron chi connectivity index (χ3n) is 7.81. The van der Waals surface area contributed by atoms with Crippen molar-refractivity contribution in [2.45, 2.75) is 5.14 Å². The zero-order valence-corrected chi connectivity index (χ0v) is 27.8. The SMILES string of the molecule is O=P(c1ccccc1)(c1ccccc1)C(P(=S)(c1ccccc1)c1ccccc1)P(=S)(c1ccccc1)c1ccccc1. The van der Waals surface area contributed by atoms with Crippen molar-refractivity contribution in [3.05, 3.63) is 182 Å². The van der Waals surface area contributed by atoms with Gasteiger partial charge in [-0.2, -0.15) is 0 Å². The highest BCUT2D eigenvalue weighted by Crippen LogP contribution is 2.79. The molecular weight excluding hydrogens is 617 g/mol. The van der Waals surface area contributed by atoms with Crippen molar-refractivity contribution in [3.8, 4) is 0 Å². The van der Waals surface area contributed by atoms with Gasteiger partial charge in [0.1, 0.15) is 0 Å². The average molecular weight is 649 g/mol. The van der Waals surface area contributed by atoms with E-state index >= 15 is 4.57 Å². The van der Waals surface area contributed by atoms with Crippen LogP contribution < -0.4 is 31.8 Å². The second kappa shape index (κ2) is 12.8. The standard InChI is InChI=1S/C37H31OP3S2/c38-39(31-19-7-1-8-20-31,32-21-9-2-10-22-32)37(40(42,33-23-11-3-12-24-33)34-25-13-4-14-26-34)41(43,35-27-15-5-16-28-35)36-29-17-6-18-30-36/h1-30,37H. The molecule has 0 fully saturated rings. The van der Waals surface area contributed by atoms with Gasteiger partial charge < -0.3 is 4.57 Å². The van der Waals surface area contributed by atoms with Gasteiger partial charge in [-0.1, -0.05) is 206 Å². The molecule has 0 spiro atoms. The highest BCUT2D eigenvalue weighted by Gasteiger charge is 2.54. The number of hydrogen-bond donors (Lipinski definition) is 0. The first-order chi connectivity index (χ1) is 21.0. The first-order valence-electron chi connectivity index (χ1n) is 14.1. The zero-order valence-electron chi connectivity index (χ0n) is 23.5. The molecule has 0 aromatic heterocycles. The summed E-state index contributed by atoms with van der Waals surface area (Å²) in [6.45, 7) is 0. The van der Waals surface area contributed by atoms with Crippen LogP contribution in [0.4, 0.5) is 0 Å². The van der Waals surface area contributed by atoms with Gasteiger partial charge in [-0.05, 0) is 21.2 Å². The molecule has 6 rings (SSSR count). The van der Waals surface area contributed by atoms with Gasteiger partial charge in [0.2, 0.25) is 0 Å². The number of rotatable bonds is 9. The van der Waals surface area contributed by atoms with Crippen LogP contribution in [0.15, 0.2) is 182 Å². The molecule has 0 amide bonds. The van der Waals surface area contributed by atoms with E-state index in [-0.39, 0.29) is 0 Å². The van der Waals surface area contributed by atoms with Crippen LogP contribution in [0.25, 0.3) is 0 Å². The molecule has 0 N–H and O–H groups in total. The summed E-state index contributed by atoms with van der Waals surface area (Å²) in [5, 5.41) is 5.09. The van der Waals surface area contributed by atoms with Crippen LogP contribution in [0.2, 0.25) is 0 Å². The van der Waals surface area contributed by atoms with Crippen molar-refractivity contribution in [2.24, 2.45) is 0 Å². The summed E-state index contributed by atoms with van der Waals surface area (Å²) in [6, 6.07) is 55.4. The minimum Gasteiger partial charge on any atom is -0.313 e. The smallest absolute Gasteiger partial charge is 0.157 e. The Morgan fingerprint density at radius 3 is 0.721 bits per heavy atom. The summed E-state index contributed by atoms with van der Waals surface area (Å²) in [5.41, 5.74) is 0. The molecule has 43 heavy (non-hydrogen) atoms. The molecule has 0 saturated carbocycles. The predicted octanol–water partition coefficient (Wildman–Crippen LogP) is 7.55. The maximum Gasteiger partial charge on any atom is 0.157 e. The van der Waals surface area contributed by atoms with Crippen LogP contribution in [0.5, 0.6) is 0 Å². The van der Waals surface area contributed by atoms with Crippen molar-refractivity contribution in [1.82, 2.24) is 0 Å². The van der Waals surface area contributed by atoms with E-state index in [4.69, 9.17) is 23.6 Å². The third-order valence-corrected chi connectivity index (χ3v) is 27.9. The summed E-state index contributed by atoms with van der Waals surface area (Å²) >= 11 is 14.3. The molecule has 0 atom stereocenters. The lowest BCUT2D eigenvalue weighted by molar-refractivity contribution is 0.588. The van der Waals surface area contributed by atoms with Crippen LogP contribution >= 0.6 is 19.2 Å². The van der Waals surface area contributed by atoms with Crippen LogP contribution in [-0.4, -0.2) is 5.14 Å². The fourth-order valence-electron chi connectivity index (χ4n) is 5.83. The van der Waals surface area contributed by atoms with E-state index < -0.39 is 24.4 Å². The van der Waals surface area contributed by atoms with E-state index in [1.807, 2.05) is 133 Å².